The summed E-state index contributed by atoms with van der Waals surface area (Å²) in [5.41, 5.74) is 7.58. The van der Waals surface area contributed by atoms with E-state index in [9.17, 15) is 0 Å². The Kier molecular flexibility index (Phi) is 2.62. The van der Waals surface area contributed by atoms with Crippen LogP contribution in [0.1, 0.15) is 5.69 Å². The number of thiazole rings is 2. The van der Waals surface area contributed by atoms with E-state index >= 15 is 0 Å². The Bertz CT molecular complexity index is 472. The molecule has 4 nitrogen and oxygen atoms in total. The van der Waals surface area contributed by atoms with Crippen LogP contribution in [-0.2, 0) is 0 Å². The Hall–Kier alpha value is -1.14. The Morgan fingerprint density at radius 2 is 2.07 bits per heavy atom. The van der Waals surface area contributed by atoms with Crippen molar-refractivity contribution in [2.75, 3.05) is 24.7 Å². The lowest BCUT2D eigenvalue weighted by molar-refractivity contribution is 1.11. The minimum absolute atomic E-state index is 0.599. The molecule has 2 aromatic rings. The standard InChI is InChI=1S/C9H12N4S2/c1-5-7(15-8(10)11-5)6-4-14-9(12-6)13(2)3/h4H,1-3H3,(H2,10,11). The lowest BCUT2D eigenvalue weighted by atomic mass is 10.3. The molecule has 0 saturated heterocycles. The van der Waals surface area contributed by atoms with Crippen LogP contribution in [-0.4, -0.2) is 24.1 Å². The second-order valence-electron chi connectivity index (χ2n) is 3.38. The zero-order valence-electron chi connectivity index (χ0n) is 8.81. The van der Waals surface area contributed by atoms with Crippen LogP contribution in [0, 0.1) is 6.92 Å². The van der Waals surface area contributed by atoms with E-state index in [1.54, 1.807) is 11.3 Å². The van der Waals surface area contributed by atoms with Crippen molar-refractivity contribution in [3.05, 3.63) is 11.1 Å². The molecule has 2 N–H and O–H groups in total. The van der Waals surface area contributed by atoms with Gasteiger partial charge in [0.2, 0.25) is 0 Å². The highest BCUT2D eigenvalue weighted by atomic mass is 32.1. The predicted octanol–water partition coefficient (Wildman–Crippen LogP) is 2.22. The Morgan fingerprint density at radius 1 is 1.33 bits per heavy atom. The fourth-order valence-corrected chi connectivity index (χ4v) is 2.85. The van der Waals surface area contributed by atoms with Gasteiger partial charge < -0.3 is 10.6 Å². The first-order valence-electron chi connectivity index (χ1n) is 4.44. The van der Waals surface area contributed by atoms with Crippen molar-refractivity contribution in [3.8, 4) is 10.6 Å². The van der Waals surface area contributed by atoms with Crippen molar-refractivity contribution < 1.29 is 0 Å². The molecule has 2 aromatic heterocycles. The highest BCUT2D eigenvalue weighted by Crippen LogP contribution is 2.33. The van der Waals surface area contributed by atoms with Crippen molar-refractivity contribution in [1.29, 1.82) is 0 Å². The van der Waals surface area contributed by atoms with Gasteiger partial charge in [-0.3, -0.25) is 0 Å². The molecule has 0 aromatic carbocycles. The van der Waals surface area contributed by atoms with Crippen LogP contribution in [0.5, 0.6) is 0 Å². The predicted molar refractivity (Wildman–Crippen MR) is 66.7 cm³/mol. The summed E-state index contributed by atoms with van der Waals surface area (Å²) in [4.78, 5) is 11.8. The summed E-state index contributed by atoms with van der Waals surface area (Å²) in [6, 6.07) is 0. The van der Waals surface area contributed by atoms with Gasteiger partial charge in [0.1, 0.15) is 0 Å². The van der Waals surface area contributed by atoms with Gasteiger partial charge in [0, 0.05) is 19.5 Å². The van der Waals surface area contributed by atoms with E-state index < -0.39 is 0 Å². The van der Waals surface area contributed by atoms with Gasteiger partial charge in [-0.1, -0.05) is 11.3 Å². The molecule has 0 radical (unpaired) electrons. The van der Waals surface area contributed by atoms with Gasteiger partial charge in [-0.15, -0.1) is 11.3 Å². The molecule has 0 bridgehead atoms. The van der Waals surface area contributed by atoms with Crippen LogP contribution in [0.4, 0.5) is 10.3 Å². The zero-order chi connectivity index (χ0) is 11.0. The monoisotopic (exact) mass is 240 g/mol. The quantitative estimate of drug-likeness (QED) is 0.874. The van der Waals surface area contributed by atoms with Crippen molar-refractivity contribution in [3.63, 3.8) is 0 Å². The zero-order valence-corrected chi connectivity index (χ0v) is 10.4. The van der Waals surface area contributed by atoms with Gasteiger partial charge in [0.25, 0.3) is 0 Å². The Balaban J connectivity index is 2.41. The molecule has 0 unspecified atom stereocenters. The van der Waals surface area contributed by atoms with Crippen LogP contribution in [0.25, 0.3) is 10.6 Å². The summed E-state index contributed by atoms with van der Waals surface area (Å²) in [6.07, 6.45) is 0. The summed E-state index contributed by atoms with van der Waals surface area (Å²) >= 11 is 3.11. The highest BCUT2D eigenvalue weighted by Gasteiger charge is 2.12. The molecule has 80 valence electrons. The Morgan fingerprint density at radius 3 is 2.53 bits per heavy atom. The van der Waals surface area contributed by atoms with Crippen molar-refractivity contribution >= 4 is 32.9 Å². The van der Waals surface area contributed by atoms with Crippen LogP contribution in [0.2, 0.25) is 0 Å². The molecule has 0 aliphatic carbocycles. The van der Waals surface area contributed by atoms with Crippen molar-refractivity contribution in [2.45, 2.75) is 6.92 Å². The van der Waals surface area contributed by atoms with Gasteiger partial charge in [0.05, 0.1) is 16.3 Å². The summed E-state index contributed by atoms with van der Waals surface area (Å²) in [6.45, 7) is 1.96. The molecule has 2 heterocycles. The highest BCUT2D eigenvalue weighted by molar-refractivity contribution is 7.19. The molecule has 2 rings (SSSR count). The molecule has 0 aliphatic heterocycles. The van der Waals surface area contributed by atoms with E-state index in [0.717, 1.165) is 21.4 Å². The van der Waals surface area contributed by atoms with E-state index in [-0.39, 0.29) is 0 Å². The summed E-state index contributed by atoms with van der Waals surface area (Å²) in [5.74, 6) is 0. The third-order valence-electron chi connectivity index (χ3n) is 1.92. The lowest BCUT2D eigenvalue weighted by Gasteiger charge is -2.05. The first kappa shape index (κ1) is 10.4. The second kappa shape index (κ2) is 3.79. The smallest absolute Gasteiger partial charge is 0.185 e. The Labute approximate surface area is 96.4 Å². The van der Waals surface area contributed by atoms with Gasteiger partial charge in [-0.25, -0.2) is 9.97 Å². The van der Waals surface area contributed by atoms with E-state index in [1.807, 2.05) is 31.3 Å². The number of hydrogen-bond donors (Lipinski definition) is 1. The molecule has 0 saturated carbocycles. The molecular weight excluding hydrogens is 228 g/mol. The van der Waals surface area contributed by atoms with Crippen LogP contribution in [0.3, 0.4) is 0 Å². The number of aromatic nitrogens is 2. The van der Waals surface area contributed by atoms with Crippen LogP contribution in [0.15, 0.2) is 5.38 Å². The number of rotatable bonds is 2. The maximum absolute atomic E-state index is 5.66. The summed E-state index contributed by atoms with van der Waals surface area (Å²) in [7, 11) is 3.97. The minimum atomic E-state index is 0.599. The van der Waals surface area contributed by atoms with E-state index in [0.29, 0.717) is 5.13 Å². The molecule has 15 heavy (non-hydrogen) atoms. The molecule has 0 aliphatic rings. The van der Waals surface area contributed by atoms with E-state index in [1.165, 1.54) is 11.3 Å². The molecule has 0 spiro atoms. The largest absolute Gasteiger partial charge is 0.375 e. The number of hydrogen-bond acceptors (Lipinski definition) is 6. The molecule has 0 amide bonds. The van der Waals surface area contributed by atoms with Gasteiger partial charge >= 0.3 is 0 Å². The fourth-order valence-electron chi connectivity index (χ4n) is 1.23. The summed E-state index contributed by atoms with van der Waals surface area (Å²) < 4.78 is 0. The maximum Gasteiger partial charge on any atom is 0.185 e. The van der Waals surface area contributed by atoms with E-state index in [4.69, 9.17) is 5.73 Å². The minimum Gasteiger partial charge on any atom is -0.375 e. The second-order valence-corrected chi connectivity index (χ2v) is 5.24. The molecule has 0 atom stereocenters. The average molecular weight is 240 g/mol. The third-order valence-corrected chi connectivity index (χ3v) is 3.94. The maximum atomic E-state index is 5.66. The summed E-state index contributed by atoms with van der Waals surface area (Å²) in [5, 5.41) is 3.63. The fraction of sp³-hybridized carbons (Fsp3) is 0.333. The van der Waals surface area contributed by atoms with Crippen LogP contribution < -0.4 is 10.6 Å². The van der Waals surface area contributed by atoms with Crippen molar-refractivity contribution in [2.24, 2.45) is 0 Å². The number of anilines is 2. The molecular formula is C9H12N4S2. The molecule has 6 heteroatoms. The van der Waals surface area contributed by atoms with Crippen molar-refractivity contribution in [1.82, 2.24) is 9.97 Å². The average Bonchev–Trinajstić information content (AvgIpc) is 2.71. The van der Waals surface area contributed by atoms with E-state index in [2.05, 4.69) is 9.97 Å². The van der Waals surface area contributed by atoms with Crippen LogP contribution >= 0.6 is 22.7 Å². The van der Waals surface area contributed by atoms with Gasteiger partial charge in [-0.05, 0) is 6.92 Å². The van der Waals surface area contributed by atoms with Gasteiger partial charge in [-0.2, -0.15) is 0 Å². The SMILES string of the molecule is Cc1nc(N)sc1-c1csc(N(C)C)n1. The third kappa shape index (κ3) is 1.95. The number of nitrogens with two attached hydrogens (primary N) is 1. The van der Waals surface area contributed by atoms with Gasteiger partial charge in [0.15, 0.2) is 10.3 Å². The number of aryl methyl sites for hydroxylation is 1. The first-order valence-corrected chi connectivity index (χ1v) is 6.13. The topological polar surface area (TPSA) is 55.0 Å². The molecule has 0 fully saturated rings. The first-order chi connectivity index (χ1) is 7.08. The number of nitrogens with zero attached hydrogens (tertiary/aromatic N) is 3. The number of nitrogen functional groups attached to an aromatic ring is 1. The lowest BCUT2D eigenvalue weighted by Crippen LogP contribution is -2.07. The normalized spacial score (nSPS) is 10.6.